The highest BCUT2D eigenvalue weighted by atomic mass is 16.2. The molecule has 0 unspecified atom stereocenters. The van der Waals surface area contributed by atoms with Crippen LogP contribution < -0.4 is 4.90 Å². The van der Waals surface area contributed by atoms with Crippen LogP contribution in [-0.4, -0.2) is 46.8 Å². The molecule has 2 aliphatic heterocycles. The second-order valence-corrected chi connectivity index (χ2v) is 6.07. The highest BCUT2D eigenvalue weighted by molar-refractivity contribution is 5.95. The lowest BCUT2D eigenvalue weighted by molar-refractivity contribution is -0.119. The summed E-state index contributed by atoms with van der Waals surface area (Å²) >= 11 is 0. The fourth-order valence-electron chi connectivity index (χ4n) is 3.38. The summed E-state index contributed by atoms with van der Waals surface area (Å²) in [5.74, 6) is 0.243. The summed E-state index contributed by atoms with van der Waals surface area (Å²) in [6.45, 7) is 3.65. The van der Waals surface area contributed by atoms with Crippen molar-refractivity contribution < 1.29 is 4.79 Å². The third kappa shape index (κ3) is 2.41. The number of carbonyl (C=O) groups excluding carboxylic acids is 1. The van der Waals surface area contributed by atoms with E-state index in [0.29, 0.717) is 12.5 Å². The Morgan fingerprint density at radius 3 is 2.91 bits per heavy atom. The van der Waals surface area contributed by atoms with E-state index in [-0.39, 0.29) is 5.91 Å². The van der Waals surface area contributed by atoms with Gasteiger partial charge in [0.25, 0.3) is 0 Å². The molecular weight excluding hydrogens is 276 g/mol. The van der Waals surface area contributed by atoms with Gasteiger partial charge < -0.3 is 4.90 Å². The summed E-state index contributed by atoms with van der Waals surface area (Å²) in [4.78, 5) is 16.7. The maximum absolute atomic E-state index is 12.4. The van der Waals surface area contributed by atoms with E-state index >= 15 is 0 Å². The van der Waals surface area contributed by atoms with Crippen molar-refractivity contribution in [1.29, 1.82) is 0 Å². The molecule has 1 saturated heterocycles. The molecule has 1 amide bonds. The van der Waals surface area contributed by atoms with Crippen molar-refractivity contribution in [2.24, 2.45) is 0 Å². The van der Waals surface area contributed by atoms with E-state index in [2.05, 4.69) is 22.1 Å². The molecule has 0 N–H and O–H groups in total. The number of benzene rings is 1. The number of likely N-dealkylation sites (tertiary alicyclic amines) is 1. The van der Waals surface area contributed by atoms with Gasteiger partial charge in [-0.25, -0.2) is 0 Å². The predicted molar refractivity (Wildman–Crippen MR) is 84.8 cm³/mol. The Labute approximate surface area is 130 Å². The third-order valence-corrected chi connectivity index (χ3v) is 4.67. The van der Waals surface area contributed by atoms with Crippen LogP contribution in [0.15, 0.2) is 42.7 Å². The molecule has 0 atom stereocenters. The smallest absolute Gasteiger partial charge is 0.228 e. The summed E-state index contributed by atoms with van der Waals surface area (Å²) in [5.41, 5.74) is 2.39. The molecule has 2 aliphatic rings. The first kappa shape index (κ1) is 13.5. The average molecular weight is 296 g/mol. The number of fused-ring (bicyclic) bond motifs is 1. The topological polar surface area (TPSA) is 41.4 Å². The van der Waals surface area contributed by atoms with Gasteiger partial charge >= 0.3 is 0 Å². The number of para-hydroxylation sites is 1. The minimum Gasteiger partial charge on any atom is -0.312 e. The number of amides is 1. The zero-order valence-electron chi connectivity index (χ0n) is 12.6. The van der Waals surface area contributed by atoms with Crippen LogP contribution >= 0.6 is 0 Å². The molecule has 0 aliphatic carbocycles. The summed E-state index contributed by atoms with van der Waals surface area (Å²) < 4.78 is 2.01. The van der Waals surface area contributed by atoms with Gasteiger partial charge in [-0.15, -0.1) is 0 Å². The first-order chi connectivity index (χ1) is 10.8. The van der Waals surface area contributed by atoms with Crippen molar-refractivity contribution >= 4 is 11.6 Å². The van der Waals surface area contributed by atoms with Crippen molar-refractivity contribution in [2.45, 2.75) is 18.9 Å². The van der Waals surface area contributed by atoms with Gasteiger partial charge in [-0.05, 0) is 24.1 Å². The second-order valence-electron chi connectivity index (χ2n) is 6.07. The molecule has 0 spiro atoms. The van der Waals surface area contributed by atoms with Crippen LogP contribution in [0.3, 0.4) is 0 Å². The Morgan fingerprint density at radius 2 is 2.09 bits per heavy atom. The van der Waals surface area contributed by atoms with Crippen LogP contribution in [-0.2, 0) is 11.2 Å². The van der Waals surface area contributed by atoms with E-state index in [1.807, 2.05) is 40.2 Å². The van der Waals surface area contributed by atoms with Gasteiger partial charge in [-0.3, -0.25) is 14.4 Å². The molecule has 0 bridgehead atoms. The summed E-state index contributed by atoms with van der Waals surface area (Å²) in [5, 5.41) is 4.27. The predicted octanol–water partition coefficient (Wildman–Crippen LogP) is 1.72. The molecule has 22 heavy (non-hydrogen) atoms. The molecule has 114 valence electrons. The number of carbonyl (C=O) groups is 1. The Balaban J connectivity index is 1.28. The molecule has 3 heterocycles. The average Bonchev–Trinajstić information content (AvgIpc) is 3.14. The second kappa shape index (κ2) is 5.57. The van der Waals surface area contributed by atoms with Gasteiger partial charge in [0, 0.05) is 50.7 Å². The number of hydrogen-bond acceptors (Lipinski definition) is 3. The molecule has 0 saturated carbocycles. The van der Waals surface area contributed by atoms with Crippen LogP contribution in [0.25, 0.3) is 0 Å². The Kier molecular flexibility index (Phi) is 3.42. The SMILES string of the molecule is O=C(CCN1CC(n2cccn2)C1)N1CCc2ccccc21. The molecule has 5 nitrogen and oxygen atoms in total. The third-order valence-electron chi connectivity index (χ3n) is 4.67. The van der Waals surface area contributed by atoms with Gasteiger partial charge in [0.05, 0.1) is 6.04 Å². The summed E-state index contributed by atoms with van der Waals surface area (Å²) in [6, 6.07) is 10.6. The lowest BCUT2D eigenvalue weighted by Gasteiger charge is -2.39. The molecule has 0 radical (unpaired) electrons. The first-order valence-electron chi connectivity index (χ1n) is 7.91. The van der Waals surface area contributed by atoms with Crippen molar-refractivity contribution in [1.82, 2.24) is 14.7 Å². The van der Waals surface area contributed by atoms with E-state index < -0.39 is 0 Å². The van der Waals surface area contributed by atoms with Crippen molar-refractivity contribution in [3.8, 4) is 0 Å². The molecule has 1 fully saturated rings. The van der Waals surface area contributed by atoms with Gasteiger partial charge in [-0.1, -0.05) is 18.2 Å². The van der Waals surface area contributed by atoms with Gasteiger partial charge in [0.2, 0.25) is 5.91 Å². The van der Waals surface area contributed by atoms with Crippen molar-refractivity contribution in [3.05, 3.63) is 48.3 Å². The number of nitrogens with zero attached hydrogens (tertiary/aromatic N) is 4. The number of hydrogen-bond donors (Lipinski definition) is 0. The highest BCUT2D eigenvalue weighted by Crippen LogP contribution is 2.28. The highest BCUT2D eigenvalue weighted by Gasteiger charge is 2.30. The van der Waals surface area contributed by atoms with E-state index in [1.165, 1.54) is 5.56 Å². The first-order valence-corrected chi connectivity index (χ1v) is 7.91. The Hall–Kier alpha value is -2.14. The summed E-state index contributed by atoms with van der Waals surface area (Å²) in [6.07, 6.45) is 5.40. The zero-order valence-corrected chi connectivity index (χ0v) is 12.6. The lowest BCUT2D eigenvalue weighted by Crippen LogP contribution is -2.49. The van der Waals surface area contributed by atoms with E-state index in [4.69, 9.17) is 0 Å². The lowest BCUT2D eigenvalue weighted by atomic mass is 10.1. The van der Waals surface area contributed by atoms with Gasteiger partial charge in [-0.2, -0.15) is 5.10 Å². The van der Waals surface area contributed by atoms with Crippen LogP contribution in [0.2, 0.25) is 0 Å². The molecule has 1 aromatic heterocycles. The number of rotatable bonds is 4. The van der Waals surface area contributed by atoms with E-state index in [1.54, 1.807) is 0 Å². The molecule has 1 aromatic carbocycles. The fraction of sp³-hybridized carbons (Fsp3) is 0.412. The largest absolute Gasteiger partial charge is 0.312 e. The molecular formula is C17H20N4O. The van der Waals surface area contributed by atoms with Crippen LogP contribution in [0, 0.1) is 0 Å². The van der Waals surface area contributed by atoms with Crippen LogP contribution in [0.4, 0.5) is 5.69 Å². The fourth-order valence-corrected chi connectivity index (χ4v) is 3.38. The molecule has 5 heteroatoms. The van der Waals surface area contributed by atoms with Crippen LogP contribution in [0.5, 0.6) is 0 Å². The zero-order chi connectivity index (χ0) is 14.9. The Morgan fingerprint density at radius 1 is 1.23 bits per heavy atom. The quantitative estimate of drug-likeness (QED) is 0.862. The summed E-state index contributed by atoms with van der Waals surface area (Å²) in [7, 11) is 0. The minimum absolute atomic E-state index is 0.243. The van der Waals surface area contributed by atoms with Crippen LogP contribution in [0.1, 0.15) is 18.0 Å². The van der Waals surface area contributed by atoms with Crippen molar-refractivity contribution in [3.63, 3.8) is 0 Å². The Bertz CT molecular complexity index is 661. The van der Waals surface area contributed by atoms with Crippen molar-refractivity contribution in [2.75, 3.05) is 31.1 Å². The number of aromatic nitrogens is 2. The minimum atomic E-state index is 0.243. The molecule has 2 aromatic rings. The maximum Gasteiger partial charge on any atom is 0.228 e. The van der Waals surface area contributed by atoms with E-state index in [9.17, 15) is 4.79 Å². The molecule has 4 rings (SSSR count). The van der Waals surface area contributed by atoms with Gasteiger partial charge in [0.15, 0.2) is 0 Å². The van der Waals surface area contributed by atoms with Gasteiger partial charge in [0.1, 0.15) is 0 Å². The normalized spacial score (nSPS) is 18.3. The number of anilines is 1. The maximum atomic E-state index is 12.4. The van der Waals surface area contributed by atoms with E-state index in [0.717, 1.165) is 38.3 Å². The standard InChI is InChI=1S/C17H20N4O/c22-17(20-11-6-14-4-1-2-5-16(14)20)7-10-19-12-15(13-19)21-9-3-8-18-21/h1-5,8-9,15H,6-7,10-13H2. The monoisotopic (exact) mass is 296 g/mol.